The van der Waals surface area contributed by atoms with E-state index in [1.165, 1.54) is 11.8 Å². The SMILES string of the molecule is Cc1ccccc1SCC(=O)N(CCCC(=O)O)C(C)C. The van der Waals surface area contributed by atoms with Crippen LogP contribution < -0.4 is 0 Å². The quantitative estimate of drug-likeness (QED) is 0.749. The van der Waals surface area contributed by atoms with Crippen LogP contribution in [-0.4, -0.2) is 40.2 Å². The lowest BCUT2D eigenvalue weighted by Crippen LogP contribution is -2.39. The summed E-state index contributed by atoms with van der Waals surface area (Å²) in [6.07, 6.45) is 0.593. The molecule has 4 nitrogen and oxygen atoms in total. The second kappa shape index (κ2) is 8.72. The third-order valence-electron chi connectivity index (χ3n) is 3.18. The average Bonchev–Trinajstić information content (AvgIpc) is 2.41. The predicted molar refractivity (Wildman–Crippen MR) is 85.6 cm³/mol. The van der Waals surface area contributed by atoms with Crippen molar-refractivity contribution in [2.45, 2.75) is 44.6 Å². The Bertz CT molecular complexity index is 488. The third-order valence-corrected chi connectivity index (χ3v) is 4.34. The van der Waals surface area contributed by atoms with Gasteiger partial charge < -0.3 is 10.0 Å². The van der Waals surface area contributed by atoms with Crippen molar-refractivity contribution in [1.82, 2.24) is 4.90 Å². The highest BCUT2D eigenvalue weighted by Crippen LogP contribution is 2.22. The van der Waals surface area contributed by atoms with Gasteiger partial charge in [-0.05, 0) is 38.8 Å². The van der Waals surface area contributed by atoms with E-state index in [2.05, 4.69) is 0 Å². The zero-order chi connectivity index (χ0) is 15.8. The van der Waals surface area contributed by atoms with E-state index in [-0.39, 0.29) is 18.4 Å². The van der Waals surface area contributed by atoms with Gasteiger partial charge in [0.15, 0.2) is 0 Å². The monoisotopic (exact) mass is 309 g/mol. The van der Waals surface area contributed by atoms with E-state index in [0.29, 0.717) is 18.7 Å². The van der Waals surface area contributed by atoms with Crippen molar-refractivity contribution < 1.29 is 14.7 Å². The van der Waals surface area contributed by atoms with Gasteiger partial charge in [-0.15, -0.1) is 11.8 Å². The lowest BCUT2D eigenvalue weighted by molar-refractivity contribution is -0.138. The van der Waals surface area contributed by atoms with Crippen LogP contribution in [0.5, 0.6) is 0 Å². The predicted octanol–water partition coefficient (Wildman–Crippen LogP) is 3.19. The Hall–Kier alpha value is -1.49. The number of hydrogen-bond acceptors (Lipinski definition) is 3. The molecule has 0 heterocycles. The molecule has 1 aromatic rings. The Labute approximate surface area is 130 Å². The van der Waals surface area contributed by atoms with Gasteiger partial charge in [-0.1, -0.05) is 18.2 Å². The molecule has 0 fully saturated rings. The van der Waals surface area contributed by atoms with E-state index in [0.717, 1.165) is 10.5 Å². The number of carboxylic acid groups (broad SMARTS) is 1. The number of hydrogen-bond donors (Lipinski definition) is 1. The van der Waals surface area contributed by atoms with E-state index in [1.54, 1.807) is 4.90 Å². The molecule has 1 N–H and O–H groups in total. The molecule has 0 atom stereocenters. The Morgan fingerprint density at radius 1 is 1.29 bits per heavy atom. The molecule has 0 radical (unpaired) electrons. The van der Waals surface area contributed by atoms with Crippen molar-refractivity contribution in [1.29, 1.82) is 0 Å². The number of aryl methyl sites for hydroxylation is 1. The molecule has 0 aliphatic rings. The van der Waals surface area contributed by atoms with Gasteiger partial charge in [0.05, 0.1) is 5.75 Å². The lowest BCUT2D eigenvalue weighted by Gasteiger charge is -2.26. The van der Waals surface area contributed by atoms with Gasteiger partial charge >= 0.3 is 5.97 Å². The molecular formula is C16H23NO3S. The van der Waals surface area contributed by atoms with Gasteiger partial charge in [0.2, 0.25) is 5.91 Å². The highest BCUT2D eigenvalue weighted by molar-refractivity contribution is 8.00. The zero-order valence-corrected chi connectivity index (χ0v) is 13.7. The minimum atomic E-state index is -0.819. The maximum absolute atomic E-state index is 12.3. The molecule has 1 aromatic carbocycles. The normalized spacial score (nSPS) is 10.7. The minimum Gasteiger partial charge on any atom is -0.481 e. The molecule has 1 amide bonds. The van der Waals surface area contributed by atoms with E-state index in [4.69, 9.17) is 5.11 Å². The van der Waals surface area contributed by atoms with Crippen molar-refractivity contribution in [3.63, 3.8) is 0 Å². The first-order chi connectivity index (χ1) is 9.91. The lowest BCUT2D eigenvalue weighted by atomic mass is 10.2. The first kappa shape index (κ1) is 17.6. The number of amides is 1. The highest BCUT2D eigenvalue weighted by Gasteiger charge is 2.17. The number of nitrogens with zero attached hydrogens (tertiary/aromatic N) is 1. The first-order valence-corrected chi connectivity index (χ1v) is 8.10. The molecule has 0 saturated heterocycles. The molecule has 1 rings (SSSR count). The first-order valence-electron chi connectivity index (χ1n) is 7.11. The van der Waals surface area contributed by atoms with Crippen molar-refractivity contribution in [3.05, 3.63) is 29.8 Å². The van der Waals surface area contributed by atoms with Crippen LogP contribution in [0.25, 0.3) is 0 Å². The number of carbonyl (C=O) groups is 2. The van der Waals surface area contributed by atoms with Crippen molar-refractivity contribution in [2.75, 3.05) is 12.3 Å². The molecule has 0 aliphatic carbocycles. The maximum Gasteiger partial charge on any atom is 0.303 e. The van der Waals surface area contributed by atoms with Gasteiger partial charge in [-0.25, -0.2) is 0 Å². The largest absolute Gasteiger partial charge is 0.481 e. The number of carbonyl (C=O) groups excluding carboxylic acids is 1. The van der Waals surface area contributed by atoms with Gasteiger partial charge in [0.1, 0.15) is 0 Å². The van der Waals surface area contributed by atoms with E-state index < -0.39 is 5.97 Å². The van der Waals surface area contributed by atoms with Crippen LogP contribution in [0.15, 0.2) is 29.2 Å². The van der Waals surface area contributed by atoms with Crippen molar-refractivity contribution in [2.24, 2.45) is 0 Å². The summed E-state index contributed by atoms with van der Waals surface area (Å²) in [5, 5.41) is 8.68. The summed E-state index contributed by atoms with van der Waals surface area (Å²) >= 11 is 1.53. The third kappa shape index (κ3) is 6.21. The minimum absolute atomic E-state index is 0.0589. The summed E-state index contributed by atoms with van der Waals surface area (Å²) in [7, 11) is 0. The Balaban J connectivity index is 2.53. The summed E-state index contributed by atoms with van der Waals surface area (Å²) in [5.74, 6) is -0.375. The van der Waals surface area contributed by atoms with Crippen LogP contribution in [0.4, 0.5) is 0 Å². The van der Waals surface area contributed by atoms with Crippen LogP contribution in [0.1, 0.15) is 32.3 Å². The Kier molecular flexibility index (Phi) is 7.29. The molecule has 0 aromatic heterocycles. The maximum atomic E-state index is 12.3. The molecule has 116 valence electrons. The fraction of sp³-hybridized carbons (Fsp3) is 0.500. The Morgan fingerprint density at radius 2 is 1.95 bits per heavy atom. The molecule has 0 aliphatic heterocycles. The van der Waals surface area contributed by atoms with Crippen LogP contribution in [-0.2, 0) is 9.59 Å². The average molecular weight is 309 g/mol. The topological polar surface area (TPSA) is 57.6 Å². The second-order valence-corrected chi connectivity index (χ2v) is 6.25. The summed E-state index contributed by atoms with van der Waals surface area (Å²) in [6.45, 7) is 6.44. The molecule has 0 bridgehead atoms. The van der Waals surface area contributed by atoms with Crippen molar-refractivity contribution >= 4 is 23.6 Å². The van der Waals surface area contributed by atoms with Crippen LogP contribution >= 0.6 is 11.8 Å². The summed E-state index contributed by atoms with van der Waals surface area (Å²) in [5.41, 5.74) is 1.16. The fourth-order valence-corrected chi connectivity index (χ4v) is 2.93. The molecule has 0 saturated carbocycles. The standard InChI is InChI=1S/C16H23NO3S/c1-12(2)17(10-6-9-16(19)20)15(18)11-21-14-8-5-4-7-13(14)3/h4-5,7-8,12H,6,9-11H2,1-3H3,(H,19,20). The molecule has 0 unspecified atom stereocenters. The van der Waals surface area contributed by atoms with Crippen LogP contribution in [0, 0.1) is 6.92 Å². The van der Waals surface area contributed by atoms with E-state index in [9.17, 15) is 9.59 Å². The number of carboxylic acids is 1. The number of aliphatic carboxylic acids is 1. The van der Waals surface area contributed by atoms with Crippen LogP contribution in [0.2, 0.25) is 0 Å². The van der Waals surface area contributed by atoms with Gasteiger partial charge in [-0.2, -0.15) is 0 Å². The van der Waals surface area contributed by atoms with Gasteiger partial charge in [0, 0.05) is 23.9 Å². The Morgan fingerprint density at radius 3 is 2.52 bits per heavy atom. The summed E-state index contributed by atoms with van der Waals surface area (Å²) < 4.78 is 0. The number of benzene rings is 1. The van der Waals surface area contributed by atoms with Crippen LogP contribution in [0.3, 0.4) is 0 Å². The molecular weight excluding hydrogens is 286 g/mol. The van der Waals surface area contributed by atoms with E-state index >= 15 is 0 Å². The summed E-state index contributed by atoms with van der Waals surface area (Å²) in [4.78, 5) is 25.7. The molecule has 5 heteroatoms. The molecule has 0 spiro atoms. The fourth-order valence-electron chi connectivity index (χ4n) is 2.01. The number of thioether (sulfide) groups is 1. The van der Waals surface area contributed by atoms with Crippen molar-refractivity contribution in [3.8, 4) is 0 Å². The summed E-state index contributed by atoms with van der Waals surface area (Å²) in [6, 6.07) is 8.07. The smallest absolute Gasteiger partial charge is 0.303 e. The molecule has 21 heavy (non-hydrogen) atoms. The van der Waals surface area contributed by atoms with E-state index in [1.807, 2.05) is 45.0 Å². The highest BCUT2D eigenvalue weighted by atomic mass is 32.2. The van der Waals surface area contributed by atoms with Gasteiger partial charge in [-0.3, -0.25) is 9.59 Å². The van der Waals surface area contributed by atoms with Gasteiger partial charge in [0.25, 0.3) is 0 Å². The second-order valence-electron chi connectivity index (χ2n) is 5.23. The number of rotatable bonds is 8. The zero-order valence-electron chi connectivity index (χ0n) is 12.8.